The number of hydrogen-bond acceptors (Lipinski definition) is 6. The molecule has 1 aromatic carbocycles. The maximum atomic E-state index is 14.6. The smallest absolute Gasteiger partial charge is 0.414 e. The fraction of sp³-hybridized carbons (Fsp3) is 0.471. The van der Waals surface area contributed by atoms with Crippen molar-refractivity contribution in [3.63, 3.8) is 0 Å². The molecule has 3 rings (SSSR count). The zero-order valence-corrected chi connectivity index (χ0v) is 16.2. The van der Waals surface area contributed by atoms with Crippen LogP contribution in [-0.4, -0.2) is 52.0 Å². The van der Waals surface area contributed by atoms with Gasteiger partial charge in [-0.1, -0.05) is 6.08 Å². The van der Waals surface area contributed by atoms with Crippen LogP contribution in [0.25, 0.3) is 5.57 Å². The molecule has 1 aromatic rings. The molecule has 0 radical (unpaired) electrons. The number of halogens is 2. The van der Waals surface area contributed by atoms with Crippen molar-refractivity contribution in [2.75, 3.05) is 42.4 Å². The summed E-state index contributed by atoms with van der Waals surface area (Å²) in [5.41, 5.74) is 0.575. The van der Waals surface area contributed by atoms with Crippen molar-refractivity contribution in [1.29, 1.82) is 0 Å². The van der Waals surface area contributed by atoms with Gasteiger partial charge in [-0.2, -0.15) is 20.2 Å². The molecular weight excluding hydrogens is 400 g/mol. The number of anilines is 1. The van der Waals surface area contributed by atoms with Crippen LogP contribution in [0.5, 0.6) is 0 Å². The van der Waals surface area contributed by atoms with Gasteiger partial charge in [-0.15, -0.1) is 0 Å². The highest BCUT2D eigenvalue weighted by atomic mass is 32.2. The quantitative estimate of drug-likeness (QED) is 0.683. The lowest BCUT2D eigenvalue weighted by Crippen LogP contribution is -2.45. The van der Waals surface area contributed by atoms with E-state index in [1.165, 1.54) is 0 Å². The standard InChI is InChI=1S/C17H19F2NO5S2/c1-27(22,23)25-10-11-8-20(17(21)24-9-11)13-6-14(18)16(15(19)7-13)12-2-4-26-5-3-12/h2,6-7,11H,3-5,8-10H2,1H3. The van der Waals surface area contributed by atoms with E-state index in [-0.39, 0.29) is 31.0 Å². The summed E-state index contributed by atoms with van der Waals surface area (Å²) in [6.45, 7) is -0.180. The molecule has 0 bridgehead atoms. The number of rotatable bonds is 5. The zero-order valence-electron chi connectivity index (χ0n) is 14.6. The Morgan fingerprint density at radius 1 is 1.33 bits per heavy atom. The summed E-state index contributed by atoms with van der Waals surface area (Å²) < 4.78 is 61.2. The van der Waals surface area contributed by atoms with Gasteiger partial charge in [0.05, 0.1) is 25.2 Å². The summed E-state index contributed by atoms with van der Waals surface area (Å²) in [4.78, 5) is 13.1. The molecule has 0 aromatic heterocycles. The van der Waals surface area contributed by atoms with E-state index in [9.17, 15) is 22.0 Å². The number of carbonyl (C=O) groups is 1. The van der Waals surface area contributed by atoms with Crippen LogP contribution < -0.4 is 4.90 Å². The van der Waals surface area contributed by atoms with E-state index in [1.54, 1.807) is 11.8 Å². The second kappa shape index (κ2) is 8.15. The molecule has 0 saturated carbocycles. The molecule has 1 saturated heterocycles. The van der Waals surface area contributed by atoms with Gasteiger partial charge in [0, 0.05) is 23.8 Å². The normalized spacial score (nSPS) is 21.0. The monoisotopic (exact) mass is 419 g/mol. The van der Waals surface area contributed by atoms with E-state index >= 15 is 0 Å². The Bertz CT molecular complexity index is 849. The SMILES string of the molecule is CS(=O)(=O)OCC1COC(=O)N(c2cc(F)c(C3=CCSCC3)c(F)c2)C1. The Kier molecular flexibility index (Phi) is 6.07. The van der Waals surface area contributed by atoms with E-state index in [0.29, 0.717) is 17.7 Å². The number of benzene rings is 1. The molecular formula is C17H19F2NO5S2. The van der Waals surface area contributed by atoms with Gasteiger partial charge in [0.1, 0.15) is 11.6 Å². The van der Waals surface area contributed by atoms with E-state index in [1.807, 2.05) is 6.08 Å². The van der Waals surface area contributed by atoms with Crippen molar-refractivity contribution < 1.29 is 30.9 Å². The topological polar surface area (TPSA) is 72.9 Å². The molecule has 6 nitrogen and oxygen atoms in total. The second-order valence-electron chi connectivity index (χ2n) is 6.38. The molecule has 1 fully saturated rings. The van der Waals surface area contributed by atoms with Crippen LogP contribution in [0.2, 0.25) is 0 Å². The number of hydrogen-bond donors (Lipinski definition) is 0. The van der Waals surface area contributed by atoms with Crippen molar-refractivity contribution in [3.8, 4) is 0 Å². The number of ether oxygens (including phenoxy) is 1. The van der Waals surface area contributed by atoms with Crippen LogP contribution >= 0.6 is 11.8 Å². The predicted octanol–water partition coefficient (Wildman–Crippen LogP) is 3.03. The summed E-state index contributed by atoms with van der Waals surface area (Å²) in [6, 6.07) is 2.20. The van der Waals surface area contributed by atoms with Crippen molar-refractivity contribution in [1.82, 2.24) is 0 Å². The van der Waals surface area contributed by atoms with Gasteiger partial charge in [0.25, 0.3) is 10.1 Å². The molecule has 10 heteroatoms. The Morgan fingerprint density at radius 3 is 2.63 bits per heavy atom. The van der Waals surface area contributed by atoms with Gasteiger partial charge in [0.2, 0.25) is 0 Å². The number of cyclic esters (lactones) is 1. The average Bonchev–Trinajstić information content (AvgIpc) is 2.60. The lowest BCUT2D eigenvalue weighted by molar-refractivity contribution is 0.0968. The van der Waals surface area contributed by atoms with Crippen molar-refractivity contribution in [3.05, 3.63) is 35.4 Å². The maximum absolute atomic E-state index is 14.6. The molecule has 2 heterocycles. The third-order valence-corrected chi connectivity index (χ3v) is 5.70. The van der Waals surface area contributed by atoms with Gasteiger partial charge < -0.3 is 4.74 Å². The van der Waals surface area contributed by atoms with Gasteiger partial charge in [-0.25, -0.2) is 13.6 Å². The van der Waals surface area contributed by atoms with Crippen molar-refractivity contribution in [2.24, 2.45) is 5.92 Å². The molecule has 2 aliphatic heterocycles. The van der Waals surface area contributed by atoms with Gasteiger partial charge in [-0.3, -0.25) is 9.08 Å². The first-order valence-electron chi connectivity index (χ1n) is 8.29. The highest BCUT2D eigenvalue weighted by Gasteiger charge is 2.31. The third-order valence-electron chi connectivity index (χ3n) is 4.24. The molecule has 27 heavy (non-hydrogen) atoms. The van der Waals surface area contributed by atoms with Gasteiger partial charge >= 0.3 is 6.09 Å². The number of allylic oxidation sites excluding steroid dienone is 1. The van der Waals surface area contributed by atoms with E-state index < -0.39 is 33.8 Å². The summed E-state index contributed by atoms with van der Waals surface area (Å²) in [5.74, 6) is -0.430. The van der Waals surface area contributed by atoms with E-state index in [2.05, 4.69) is 0 Å². The predicted molar refractivity (Wildman–Crippen MR) is 99.3 cm³/mol. The average molecular weight is 419 g/mol. The van der Waals surface area contributed by atoms with Crippen molar-refractivity contribution >= 4 is 39.2 Å². The highest BCUT2D eigenvalue weighted by Crippen LogP contribution is 2.33. The first-order valence-corrected chi connectivity index (χ1v) is 11.3. The lowest BCUT2D eigenvalue weighted by atomic mass is 10.0. The first-order chi connectivity index (χ1) is 12.7. The minimum Gasteiger partial charge on any atom is -0.449 e. The van der Waals surface area contributed by atoms with E-state index in [4.69, 9.17) is 8.92 Å². The molecule has 0 spiro atoms. The molecule has 0 N–H and O–H groups in total. The van der Waals surface area contributed by atoms with Crippen LogP contribution in [-0.2, 0) is 19.0 Å². The molecule has 0 aliphatic carbocycles. The van der Waals surface area contributed by atoms with Crippen LogP contribution in [0.1, 0.15) is 12.0 Å². The number of nitrogens with zero attached hydrogens (tertiary/aromatic N) is 1. The summed E-state index contributed by atoms with van der Waals surface area (Å²) >= 11 is 1.69. The molecule has 148 valence electrons. The minimum absolute atomic E-state index is 0.0218. The van der Waals surface area contributed by atoms with Crippen LogP contribution in [0.4, 0.5) is 19.3 Å². The highest BCUT2D eigenvalue weighted by molar-refractivity contribution is 7.99. The maximum Gasteiger partial charge on any atom is 0.414 e. The number of amides is 1. The first kappa shape index (κ1) is 20.1. The van der Waals surface area contributed by atoms with Gasteiger partial charge in [0.15, 0.2) is 0 Å². The second-order valence-corrected chi connectivity index (χ2v) is 9.17. The Labute approximate surface area is 160 Å². The Hall–Kier alpha value is -1.65. The van der Waals surface area contributed by atoms with Crippen LogP contribution in [0.3, 0.4) is 0 Å². The Balaban J connectivity index is 1.82. The summed E-state index contributed by atoms with van der Waals surface area (Å²) in [6.07, 6.45) is 2.56. The zero-order chi connectivity index (χ0) is 19.6. The lowest BCUT2D eigenvalue weighted by Gasteiger charge is -2.32. The van der Waals surface area contributed by atoms with E-state index in [0.717, 1.165) is 29.0 Å². The fourth-order valence-electron chi connectivity index (χ4n) is 2.96. The van der Waals surface area contributed by atoms with Crippen LogP contribution in [0.15, 0.2) is 18.2 Å². The summed E-state index contributed by atoms with van der Waals surface area (Å²) in [7, 11) is -3.64. The number of carbonyl (C=O) groups excluding carboxylic acids is 1. The Morgan fingerprint density at radius 2 is 2.04 bits per heavy atom. The largest absolute Gasteiger partial charge is 0.449 e. The summed E-state index contributed by atoms with van der Waals surface area (Å²) in [5, 5.41) is 0. The third kappa shape index (κ3) is 4.99. The van der Waals surface area contributed by atoms with Crippen LogP contribution in [0, 0.1) is 17.6 Å². The molecule has 1 atom stereocenters. The fourth-order valence-corrected chi connectivity index (χ4v) is 4.25. The van der Waals surface area contributed by atoms with Crippen molar-refractivity contribution in [2.45, 2.75) is 6.42 Å². The molecule has 1 amide bonds. The molecule has 2 aliphatic rings. The number of thioether (sulfide) groups is 1. The van der Waals surface area contributed by atoms with Gasteiger partial charge in [-0.05, 0) is 29.9 Å². The molecule has 1 unspecified atom stereocenters. The minimum atomic E-state index is -3.64.